The van der Waals surface area contributed by atoms with Gasteiger partial charge in [0.05, 0.1) is 0 Å². The molecule has 0 atom stereocenters. The molecule has 2 N–H and O–H groups in total. The Labute approximate surface area is 92.8 Å². The van der Waals surface area contributed by atoms with Gasteiger partial charge < -0.3 is 15.4 Å². The first-order valence-electron chi connectivity index (χ1n) is 5.63. The average molecular weight is 216 g/mol. The van der Waals surface area contributed by atoms with Gasteiger partial charge in [0, 0.05) is 13.1 Å². The second kappa shape index (κ2) is 7.51. The molecule has 0 fully saturated rings. The zero-order valence-corrected chi connectivity index (χ0v) is 10.4. The van der Waals surface area contributed by atoms with Crippen LogP contribution in [0.1, 0.15) is 40.5 Å². The lowest BCUT2D eigenvalue weighted by Gasteiger charge is -2.19. The molecule has 0 heterocycles. The maximum absolute atomic E-state index is 11.2. The van der Waals surface area contributed by atoms with Gasteiger partial charge in [-0.25, -0.2) is 4.79 Å². The molecule has 4 nitrogen and oxygen atoms in total. The molecule has 0 aliphatic carbocycles. The highest BCUT2D eigenvalue weighted by molar-refractivity contribution is 5.67. The molecule has 0 aromatic carbocycles. The molecule has 0 saturated carbocycles. The third kappa shape index (κ3) is 11.2. The third-order valence-electron chi connectivity index (χ3n) is 1.68. The molecule has 15 heavy (non-hydrogen) atoms. The minimum Gasteiger partial charge on any atom is -0.444 e. The summed E-state index contributed by atoms with van der Waals surface area (Å²) < 4.78 is 5.09. The molecule has 1 amide bonds. The number of unbranched alkanes of at least 4 members (excludes halogenated alkanes) is 1. The van der Waals surface area contributed by atoms with E-state index in [1.807, 2.05) is 20.8 Å². The van der Waals surface area contributed by atoms with Gasteiger partial charge in [0.2, 0.25) is 0 Å². The summed E-state index contributed by atoms with van der Waals surface area (Å²) in [6.07, 6.45) is 2.01. The molecule has 0 aliphatic heterocycles. The fraction of sp³-hybridized carbons (Fsp3) is 0.909. The maximum atomic E-state index is 11.2. The van der Waals surface area contributed by atoms with Gasteiger partial charge in [0.25, 0.3) is 0 Å². The van der Waals surface area contributed by atoms with Crippen molar-refractivity contribution in [1.29, 1.82) is 0 Å². The number of carbonyl (C=O) groups is 1. The summed E-state index contributed by atoms with van der Waals surface area (Å²) >= 11 is 0. The van der Waals surface area contributed by atoms with Crippen molar-refractivity contribution in [2.75, 3.05) is 19.6 Å². The smallest absolute Gasteiger partial charge is 0.407 e. The Kier molecular flexibility index (Phi) is 7.13. The molecule has 0 radical (unpaired) electrons. The normalized spacial score (nSPS) is 11.2. The molecule has 0 aromatic heterocycles. The fourth-order valence-electron chi connectivity index (χ4n) is 0.994. The van der Waals surface area contributed by atoms with Gasteiger partial charge in [0.15, 0.2) is 0 Å². The van der Waals surface area contributed by atoms with Gasteiger partial charge in [-0.1, -0.05) is 13.3 Å². The predicted molar refractivity (Wildman–Crippen MR) is 62.0 cm³/mol. The Balaban J connectivity index is 3.32. The Bertz CT molecular complexity index is 176. The predicted octanol–water partition coefficient (Wildman–Crippen LogP) is 1.90. The topological polar surface area (TPSA) is 50.4 Å². The van der Waals surface area contributed by atoms with Crippen molar-refractivity contribution in [2.45, 2.75) is 46.1 Å². The summed E-state index contributed by atoms with van der Waals surface area (Å²) in [5.41, 5.74) is -0.417. The van der Waals surface area contributed by atoms with Crippen LogP contribution in [-0.2, 0) is 4.74 Å². The van der Waals surface area contributed by atoms with Gasteiger partial charge in [-0.3, -0.25) is 0 Å². The Morgan fingerprint density at radius 1 is 1.20 bits per heavy atom. The lowest BCUT2D eigenvalue weighted by molar-refractivity contribution is 0.0528. The summed E-state index contributed by atoms with van der Waals surface area (Å²) in [7, 11) is 0. The van der Waals surface area contributed by atoms with E-state index in [-0.39, 0.29) is 6.09 Å². The Morgan fingerprint density at radius 3 is 2.40 bits per heavy atom. The van der Waals surface area contributed by atoms with Crippen LogP contribution in [-0.4, -0.2) is 31.3 Å². The van der Waals surface area contributed by atoms with Crippen molar-refractivity contribution in [3.63, 3.8) is 0 Å². The second-order valence-electron chi connectivity index (χ2n) is 4.53. The largest absolute Gasteiger partial charge is 0.444 e. The first kappa shape index (κ1) is 14.2. The minimum atomic E-state index is -0.417. The van der Waals surface area contributed by atoms with Gasteiger partial charge in [-0.05, 0) is 33.7 Å². The number of nitrogens with one attached hydrogen (secondary N) is 2. The highest BCUT2D eigenvalue weighted by Gasteiger charge is 2.15. The van der Waals surface area contributed by atoms with E-state index in [0.29, 0.717) is 6.54 Å². The van der Waals surface area contributed by atoms with E-state index in [1.54, 1.807) is 0 Å². The first-order valence-corrected chi connectivity index (χ1v) is 5.63. The summed E-state index contributed by atoms with van der Waals surface area (Å²) in [5, 5.41) is 5.93. The van der Waals surface area contributed by atoms with Crippen LogP contribution in [0.3, 0.4) is 0 Å². The number of ether oxygens (including phenoxy) is 1. The van der Waals surface area contributed by atoms with Gasteiger partial charge in [-0.2, -0.15) is 0 Å². The van der Waals surface area contributed by atoms with Crippen molar-refractivity contribution in [2.24, 2.45) is 0 Å². The highest BCUT2D eigenvalue weighted by atomic mass is 16.6. The summed E-state index contributed by atoms with van der Waals surface area (Å²) in [5.74, 6) is 0. The van der Waals surface area contributed by atoms with Crippen LogP contribution in [0.25, 0.3) is 0 Å². The van der Waals surface area contributed by atoms with E-state index in [1.165, 1.54) is 12.8 Å². The summed E-state index contributed by atoms with van der Waals surface area (Å²) in [4.78, 5) is 11.2. The first-order chi connectivity index (χ1) is 6.95. The van der Waals surface area contributed by atoms with Crippen LogP contribution in [0.5, 0.6) is 0 Å². The van der Waals surface area contributed by atoms with Crippen LogP contribution in [0.2, 0.25) is 0 Å². The number of rotatable bonds is 6. The average Bonchev–Trinajstić information content (AvgIpc) is 2.08. The highest BCUT2D eigenvalue weighted by Crippen LogP contribution is 2.05. The molecular formula is C11H24N2O2. The molecule has 0 bridgehead atoms. The van der Waals surface area contributed by atoms with E-state index in [0.717, 1.165) is 13.1 Å². The van der Waals surface area contributed by atoms with Crippen LogP contribution in [0.15, 0.2) is 0 Å². The molecule has 4 heteroatoms. The number of amides is 1. The lowest BCUT2D eigenvalue weighted by atomic mass is 10.2. The van der Waals surface area contributed by atoms with E-state index in [2.05, 4.69) is 17.6 Å². The number of alkyl carbamates (subject to hydrolysis) is 1. The van der Waals surface area contributed by atoms with Crippen molar-refractivity contribution in [1.82, 2.24) is 10.6 Å². The molecule has 90 valence electrons. The molecule has 0 saturated heterocycles. The van der Waals surface area contributed by atoms with Crippen molar-refractivity contribution >= 4 is 6.09 Å². The second-order valence-corrected chi connectivity index (χ2v) is 4.53. The van der Waals surface area contributed by atoms with E-state index in [4.69, 9.17) is 4.74 Å². The standard InChI is InChI=1S/C11H24N2O2/c1-5-6-7-12-8-9-13-10(14)15-11(2,3)4/h12H,5-9H2,1-4H3,(H,13,14). The van der Waals surface area contributed by atoms with Crippen molar-refractivity contribution in [3.05, 3.63) is 0 Å². The van der Waals surface area contributed by atoms with Gasteiger partial charge in [-0.15, -0.1) is 0 Å². The van der Waals surface area contributed by atoms with Crippen molar-refractivity contribution in [3.8, 4) is 0 Å². The molecular weight excluding hydrogens is 192 g/mol. The van der Waals surface area contributed by atoms with Crippen LogP contribution in [0, 0.1) is 0 Å². The molecule has 0 rings (SSSR count). The van der Waals surface area contributed by atoms with E-state index < -0.39 is 5.60 Å². The molecule has 0 aromatic rings. The van der Waals surface area contributed by atoms with Crippen LogP contribution < -0.4 is 10.6 Å². The monoisotopic (exact) mass is 216 g/mol. The maximum Gasteiger partial charge on any atom is 0.407 e. The van der Waals surface area contributed by atoms with E-state index in [9.17, 15) is 4.79 Å². The summed E-state index contributed by atoms with van der Waals surface area (Å²) in [6.45, 7) is 10.1. The molecule has 0 unspecified atom stereocenters. The third-order valence-corrected chi connectivity index (χ3v) is 1.68. The quantitative estimate of drug-likeness (QED) is 0.667. The molecule has 0 aliphatic rings. The summed E-state index contributed by atoms with van der Waals surface area (Å²) in [6, 6.07) is 0. The van der Waals surface area contributed by atoms with Gasteiger partial charge >= 0.3 is 6.09 Å². The van der Waals surface area contributed by atoms with Crippen LogP contribution >= 0.6 is 0 Å². The zero-order valence-electron chi connectivity index (χ0n) is 10.4. The number of hydrogen-bond acceptors (Lipinski definition) is 3. The number of hydrogen-bond donors (Lipinski definition) is 2. The SMILES string of the molecule is CCCCNCCNC(=O)OC(C)(C)C. The Hall–Kier alpha value is -0.770. The Morgan fingerprint density at radius 2 is 1.87 bits per heavy atom. The fourth-order valence-corrected chi connectivity index (χ4v) is 0.994. The zero-order chi connectivity index (χ0) is 11.7. The minimum absolute atomic E-state index is 0.347. The van der Waals surface area contributed by atoms with Crippen LogP contribution in [0.4, 0.5) is 4.79 Å². The number of carbonyl (C=O) groups excluding carboxylic acids is 1. The lowest BCUT2D eigenvalue weighted by Crippen LogP contribution is -2.36. The molecule has 0 spiro atoms. The van der Waals surface area contributed by atoms with Crippen molar-refractivity contribution < 1.29 is 9.53 Å². The van der Waals surface area contributed by atoms with Gasteiger partial charge in [0.1, 0.15) is 5.60 Å². The van der Waals surface area contributed by atoms with E-state index >= 15 is 0 Å².